The van der Waals surface area contributed by atoms with Crippen LogP contribution in [0.2, 0.25) is 0 Å². The Labute approximate surface area is 61.4 Å². The highest BCUT2D eigenvalue weighted by atomic mass is 16.2. The fraction of sp³-hybridized carbons (Fsp3) is 0.857. The van der Waals surface area contributed by atoms with Crippen LogP contribution < -0.4 is 5.32 Å². The molecular weight excluding hydrogens is 128 g/mol. The molecule has 0 spiro atoms. The number of hydrogen-bond acceptors (Lipinski definition) is 2. The van der Waals surface area contributed by atoms with E-state index in [0.717, 1.165) is 26.1 Å². The van der Waals surface area contributed by atoms with Crippen molar-refractivity contribution in [2.45, 2.75) is 13.3 Å². The molecular formula is C7H14N2O. The zero-order valence-electron chi connectivity index (χ0n) is 6.39. The number of carbonyl (C=O) groups excluding carboxylic acids is 1. The zero-order valence-corrected chi connectivity index (χ0v) is 6.39. The Morgan fingerprint density at radius 2 is 2.50 bits per heavy atom. The van der Waals surface area contributed by atoms with Gasteiger partial charge in [-0.05, 0) is 6.42 Å². The standard InChI is InChI=1S/C7H14N2O/c1-2-4-9-5-3-8-6-7(9)10/h8H,2-6H2,1H3. The van der Waals surface area contributed by atoms with Crippen LogP contribution in [0, 0.1) is 0 Å². The Morgan fingerprint density at radius 3 is 3.10 bits per heavy atom. The molecule has 3 heteroatoms. The molecule has 0 aromatic carbocycles. The van der Waals surface area contributed by atoms with Crippen LogP contribution >= 0.6 is 0 Å². The van der Waals surface area contributed by atoms with Crippen molar-refractivity contribution in [3.8, 4) is 0 Å². The van der Waals surface area contributed by atoms with Crippen molar-refractivity contribution in [3.63, 3.8) is 0 Å². The van der Waals surface area contributed by atoms with Crippen LogP contribution in [0.25, 0.3) is 0 Å². The molecule has 0 bridgehead atoms. The molecule has 1 saturated heterocycles. The number of nitrogens with zero attached hydrogens (tertiary/aromatic N) is 1. The van der Waals surface area contributed by atoms with Crippen molar-refractivity contribution >= 4 is 5.91 Å². The molecule has 0 atom stereocenters. The molecule has 58 valence electrons. The quantitative estimate of drug-likeness (QED) is 0.580. The zero-order chi connectivity index (χ0) is 7.40. The predicted octanol–water partition coefficient (Wildman–Crippen LogP) is -0.172. The fourth-order valence-corrected chi connectivity index (χ4v) is 1.15. The molecule has 1 heterocycles. The lowest BCUT2D eigenvalue weighted by Crippen LogP contribution is -2.48. The fourth-order valence-electron chi connectivity index (χ4n) is 1.15. The van der Waals surface area contributed by atoms with Gasteiger partial charge in [0.05, 0.1) is 6.54 Å². The number of hydrogen-bond donors (Lipinski definition) is 1. The minimum atomic E-state index is 0.244. The first-order valence-electron chi connectivity index (χ1n) is 3.83. The third kappa shape index (κ3) is 1.70. The monoisotopic (exact) mass is 142 g/mol. The molecule has 1 aliphatic heterocycles. The van der Waals surface area contributed by atoms with E-state index >= 15 is 0 Å². The van der Waals surface area contributed by atoms with Gasteiger partial charge in [-0.15, -0.1) is 0 Å². The average molecular weight is 142 g/mol. The maximum atomic E-state index is 11.0. The van der Waals surface area contributed by atoms with Gasteiger partial charge in [-0.3, -0.25) is 4.79 Å². The topological polar surface area (TPSA) is 32.3 Å². The number of amides is 1. The molecule has 1 N–H and O–H groups in total. The Morgan fingerprint density at radius 1 is 1.70 bits per heavy atom. The highest BCUT2D eigenvalue weighted by Crippen LogP contribution is 1.94. The molecule has 1 rings (SSSR count). The summed E-state index contributed by atoms with van der Waals surface area (Å²) in [4.78, 5) is 13.0. The van der Waals surface area contributed by atoms with E-state index in [9.17, 15) is 4.79 Å². The van der Waals surface area contributed by atoms with Crippen LogP contribution in [0.3, 0.4) is 0 Å². The van der Waals surface area contributed by atoms with Crippen LogP contribution in [0.5, 0.6) is 0 Å². The van der Waals surface area contributed by atoms with Crippen molar-refractivity contribution < 1.29 is 4.79 Å². The first-order valence-corrected chi connectivity index (χ1v) is 3.83. The number of carbonyl (C=O) groups is 1. The van der Waals surface area contributed by atoms with Gasteiger partial charge >= 0.3 is 0 Å². The van der Waals surface area contributed by atoms with Gasteiger partial charge in [0.15, 0.2) is 0 Å². The predicted molar refractivity (Wildman–Crippen MR) is 39.7 cm³/mol. The van der Waals surface area contributed by atoms with E-state index in [-0.39, 0.29) is 5.91 Å². The summed E-state index contributed by atoms with van der Waals surface area (Å²) in [5, 5.41) is 3.03. The summed E-state index contributed by atoms with van der Waals surface area (Å²) in [6.07, 6.45) is 1.06. The SMILES string of the molecule is CCCN1CCNCC1=O. The summed E-state index contributed by atoms with van der Waals surface area (Å²) in [6, 6.07) is 0. The molecule has 0 aromatic heterocycles. The Hall–Kier alpha value is -0.570. The maximum absolute atomic E-state index is 11.0. The van der Waals surface area contributed by atoms with E-state index in [1.54, 1.807) is 0 Å². The van der Waals surface area contributed by atoms with Crippen LogP contribution in [-0.2, 0) is 4.79 Å². The van der Waals surface area contributed by atoms with E-state index in [2.05, 4.69) is 12.2 Å². The summed E-state index contributed by atoms with van der Waals surface area (Å²) in [5.74, 6) is 0.244. The van der Waals surface area contributed by atoms with E-state index in [4.69, 9.17) is 0 Å². The second-order valence-corrected chi connectivity index (χ2v) is 2.56. The second kappa shape index (κ2) is 3.56. The van der Waals surface area contributed by atoms with E-state index in [0.29, 0.717) is 6.54 Å². The van der Waals surface area contributed by atoms with Crippen LogP contribution in [-0.4, -0.2) is 37.0 Å². The molecule has 10 heavy (non-hydrogen) atoms. The van der Waals surface area contributed by atoms with E-state index < -0.39 is 0 Å². The van der Waals surface area contributed by atoms with Crippen molar-refractivity contribution in [1.29, 1.82) is 0 Å². The Kier molecular flexibility index (Phi) is 2.68. The lowest BCUT2D eigenvalue weighted by molar-refractivity contribution is -0.131. The third-order valence-corrected chi connectivity index (χ3v) is 1.68. The largest absolute Gasteiger partial charge is 0.340 e. The van der Waals surface area contributed by atoms with Crippen LogP contribution in [0.1, 0.15) is 13.3 Å². The molecule has 0 saturated carbocycles. The summed E-state index contributed by atoms with van der Waals surface area (Å²) >= 11 is 0. The van der Waals surface area contributed by atoms with Gasteiger partial charge in [0.1, 0.15) is 0 Å². The van der Waals surface area contributed by atoms with Gasteiger partial charge < -0.3 is 10.2 Å². The van der Waals surface area contributed by atoms with Gasteiger partial charge in [-0.1, -0.05) is 6.92 Å². The van der Waals surface area contributed by atoms with Crippen molar-refractivity contribution in [3.05, 3.63) is 0 Å². The van der Waals surface area contributed by atoms with Crippen molar-refractivity contribution in [2.75, 3.05) is 26.2 Å². The molecule has 0 unspecified atom stereocenters. The summed E-state index contributed by atoms with van der Waals surface area (Å²) in [7, 11) is 0. The summed E-state index contributed by atoms with van der Waals surface area (Å²) in [5.41, 5.74) is 0. The van der Waals surface area contributed by atoms with E-state index in [1.165, 1.54) is 0 Å². The summed E-state index contributed by atoms with van der Waals surface area (Å²) in [6.45, 7) is 5.37. The van der Waals surface area contributed by atoms with Crippen molar-refractivity contribution in [2.24, 2.45) is 0 Å². The molecule has 1 amide bonds. The second-order valence-electron chi connectivity index (χ2n) is 2.56. The van der Waals surface area contributed by atoms with Crippen LogP contribution in [0.4, 0.5) is 0 Å². The van der Waals surface area contributed by atoms with Gasteiger partial charge in [0, 0.05) is 19.6 Å². The highest BCUT2D eigenvalue weighted by Gasteiger charge is 2.15. The molecule has 0 aromatic rings. The van der Waals surface area contributed by atoms with Gasteiger partial charge in [-0.25, -0.2) is 0 Å². The van der Waals surface area contributed by atoms with Gasteiger partial charge in [0.25, 0.3) is 0 Å². The summed E-state index contributed by atoms with van der Waals surface area (Å²) < 4.78 is 0. The molecule has 1 fully saturated rings. The van der Waals surface area contributed by atoms with E-state index in [1.807, 2.05) is 4.90 Å². The third-order valence-electron chi connectivity index (χ3n) is 1.68. The Bertz CT molecular complexity index is 123. The molecule has 0 aliphatic carbocycles. The number of nitrogens with one attached hydrogen (secondary N) is 1. The highest BCUT2D eigenvalue weighted by molar-refractivity contribution is 5.78. The normalized spacial score (nSPS) is 19.7. The minimum Gasteiger partial charge on any atom is -0.340 e. The van der Waals surface area contributed by atoms with Crippen molar-refractivity contribution in [1.82, 2.24) is 10.2 Å². The average Bonchev–Trinajstić information content (AvgIpc) is 1.94. The van der Waals surface area contributed by atoms with Gasteiger partial charge in [-0.2, -0.15) is 0 Å². The lowest BCUT2D eigenvalue weighted by atomic mass is 10.3. The first kappa shape index (κ1) is 7.54. The smallest absolute Gasteiger partial charge is 0.236 e. The number of rotatable bonds is 2. The lowest BCUT2D eigenvalue weighted by Gasteiger charge is -2.26. The minimum absolute atomic E-state index is 0.244. The Balaban J connectivity index is 2.32. The molecule has 1 aliphatic rings. The molecule has 3 nitrogen and oxygen atoms in total. The number of piperazine rings is 1. The van der Waals surface area contributed by atoms with Crippen LogP contribution in [0.15, 0.2) is 0 Å². The maximum Gasteiger partial charge on any atom is 0.236 e. The first-order chi connectivity index (χ1) is 4.84. The molecule has 0 radical (unpaired) electrons. The van der Waals surface area contributed by atoms with Gasteiger partial charge in [0.2, 0.25) is 5.91 Å².